The van der Waals surface area contributed by atoms with Gasteiger partial charge in [-0.25, -0.2) is 9.97 Å². The van der Waals surface area contributed by atoms with Crippen molar-refractivity contribution in [2.45, 2.75) is 38.7 Å². The van der Waals surface area contributed by atoms with Gasteiger partial charge in [-0.05, 0) is 17.9 Å². The predicted octanol–water partition coefficient (Wildman–Crippen LogP) is 0.703. The number of aromatic nitrogens is 4. The van der Waals surface area contributed by atoms with E-state index in [1.54, 1.807) is 30.3 Å². The Morgan fingerprint density at radius 2 is 1.47 bits per heavy atom. The third kappa shape index (κ3) is 7.00. The molecule has 186 valence electrons. The van der Waals surface area contributed by atoms with Crippen molar-refractivity contribution in [3.8, 4) is 0 Å². The number of imide groups is 1. The zero-order valence-corrected chi connectivity index (χ0v) is 19.9. The van der Waals surface area contributed by atoms with Crippen LogP contribution in [0.1, 0.15) is 46.8 Å². The fourth-order valence-corrected chi connectivity index (χ4v) is 3.62. The Bertz CT molecular complexity index is 1100. The van der Waals surface area contributed by atoms with Gasteiger partial charge in [-0.3, -0.25) is 29.3 Å². The minimum absolute atomic E-state index is 0.0308. The van der Waals surface area contributed by atoms with E-state index in [1.807, 2.05) is 13.8 Å². The van der Waals surface area contributed by atoms with Crippen molar-refractivity contribution in [1.82, 2.24) is 30.2 Å². The van der Waals surface area contributed by atoms with E-state index < -0.39 is 36.8 Å². The number of hydrogen-bond acceptors (Lipinski definition) is 9. The summed E-state index contributed by atoms with van der Waals surface area (Å²) in [7, 11) is -1.84. The number of amides is 3. The number of carbonyl (C=O) groups excluding carboxylic acids is 3. The van der Waals surface area contributed by atoms with Gasteiger partial charge in [0.25, 0.3) is 11.8 Å². The van der Waals surface area contributed by atoms with Gasteiger partial charge in [0.05, 0.1) is 18.3 Å². The van der Waals surface area contributed by atoms with Crippen LogP contribution in [0, 0.1) is 5.92 Å². The molecule has 0 aliphatic carbocycles. The normalized spacial score (nSPS) is 12.5. The molecule has 0 saturated heterocycles. The predicted molar refractivity (Wildman–Crippen MR) is 130 cm³/mol. The van der Waals surface area contributed by atoms with E-state index >= 15 is 0 Å². The van der Waals surface area contributed by atoms with Crippen LogP contribution >= 0.6 is 0 Å². The molecule has 0 fully saturated rings. The highest BCUT2D eigenvalue weighted by Crippen LogP contribution is 2.17. The molecule has 36 heavy (non-hydrogen) atoms. The first-order chi connectivity index (χ1) is 17.3. The van der Waals surface area contributed by atoms with Gasteiger partial charge in [-0.15, -0.1) is 0 Å². The summed E-state index contributed by atoms with van der Waals surface area (Å²) in [6.07, 6.45) is 7.94. The highest BCUT2D eigenvalue weighted by Gasteiger charge is 2.39. The molecule has 3 rings (SSSR count). The van der Waals surface area contributed by atoms with Crippen LogP contribution in [0.5, 0.6) is 0 Å². The molecule has 2 heterocycles. The molecule has 3 amide bonds. The molecule has 12 heteroatoms. The third-order valence-electron chi connectivity index (χ3n) is 5.30. The number of rotatable bonds is 10. The summed E-state index contributed by atoms with van der Waals surface area (Å²) < 4.78 is 0. The van der Waals surface area contributed by atoms with E-state index in [4.69, 9.17) is 0 Å². The summed E-state index contributed by atoms with van der Waals surface area (Å²) in [6, 6.07) is 7.47. The van der Waals surface area contributed by atoms with Crippen LogP contribution in [-0.2, 0) is 11.2 Å². The van der Waals surface area contributed by atoms with E-state index in [9.17, 15) is 24.4 Å². The number of nitrogens with zero attached hydrogens (tertiary/aromatic N) is 5. The van der Waals surface area contributed by atoms with E-state index in [1.165, 1.54) is 37.2 Å². The molecule has 0 aliphatic rings. The highest BCUT2D eigenvalue weighted by molar-refractivity contribution is 6.43. The largest absolute Gasteiger partial charge is 0.475 e. The summed E-state index contributed by atoms with van der Waals surface area (Å²) in [5.41, 5.74) is 0.370. The summed E-state index contributed by atoms with van der Waals surface area (Å²) in [6.45, 7) is 3.73. The van der Waals surface area contributed by atoms with Crippen molar-refractivity contribution in [1.29, 1.82) is 0 Å². The van der Waals surface area contributed by atoms with Crippen molar-refractivity contribution in [3.05, 3.63) is 84.5 Å². The average molecular weight is 490 g/mol. The van der Waals surface area contributed by atoms with Gasteiger partial charge in [-0.2, -0.15) is 0 Å². The van der Waals surface area contributed by atoms with Crippen molar-refractivity contribution < 1.29 is 24.4 Å². The van der Waals surface area contributed by atoms with Gasteiger partial charge in [0.2, 0.25) is 5.91 Å². The average Bonchev–Trinajstić information content (AvgIpc) is 2.89. The second-order valence-electron chi connectivity index (χ2n) is 8.53. The molecular formula is C24H27BN6O5. The number of hydrogen-bond donors (Lipinski definition) is 3. The lowest BCUT2D eigenvalue weighted by molar-refractivity contribution is -0.125. The lowest BCUT2D eigenvalue weighted by atomic mass is 9.75. The van der Waals surface area contributed by atoms with Gasteiger partial charge >= 0.3 is 7.12 Å². The van der Waals surface area contributed by atoms with Crippen LogP contribution < -0.4 is 5.32 Å². The van der Waals surface area contributed by atoms with E-state index in [0.29, 0.717) is 5.56 Å². The molecule has 0 spiro atoms. The first-order valence-electron chi connectivity index (χ1n) is 11.4. The SMILES string of the molecule is CC(C)C[C@H](NC(=O)[C@H](Cc1ccccc1)N(C(=O)c1cnccn1)C(=O)c1cnccn1)B(O)O. The minimum atomic E-state index is -1.84. The molecule has 0 aliphatic heterocycles. The van der Waals surface area contributed by atoms with Gasteiger partial charge < -0.3 is 15.4 Å². The Morgan fingerprint density at radius 3 is 1.92 bits per heavy atom. The third-order valence-corrected chi connectivity index (χ3v) is 5.30. The van der Waals surface area contributed by atoms with Crippen LogP contribution in [0.3, 0.4) is 0 Å². The van der Waals surface area contributed by atoms with Crippen molar-refractivity contribution in [3.63, 3.8) is 0 Å². The maximum atomic E-state index is 13.6. The Hall–Kier alpha value is -4.03. The number of carbonyl (C=O) groups is 3. The highest BCUT2D eigenvalue weighted by atomic mass is 16.4. The molecule has 0 saturated carbocycles. The standard InChI is InChI=1S/C24H27BN6O5/c1-16(2)12-21(25(35)36)30-22(32)20(13-17-6-4-3-5-7-17)31(23(33)18-14-26-8-10-28-18)24(34)19-15-27-9-11-29-19/h3-11,14-16,20-21,35-36H,12-13H2,1-2H3,(H,30,32)/t20-,21-/m0/s1. The van der Waals surface area contributed by atoms with Gasteiger partial charge in [0.1, 0.15) is 17.4 Å². The van der Waals surface area contributed by atoms with Crippen LogP contribution in [0.2, 0.25) is 0 Å². The fraction of sp³-hybridized carbons (Fsp3) is 0.292. The lowest BCUT2D eigenvalue weighted by Crippen LogP contribution is -2.57. The van der Waals surface area contributed by atoms with E-state index in [0.717, 1.165) is 4.90 Å². The molecular weight excluding hydrogens is 463 g/mol. The maximum absolute atomic E-state index is 13.6. The molecule has 0 bridgehead atoms. The second-order valence-corrected chi connectivity index (χ2v) is 8.53. The van der Waals surface area contributed by atoms with Crippen molar-refractivity contribution >= 4 is 24.8 Å². The van der Waals surface area contributed by atoms with Crippen molar-refractivity contribution in [2.75, 3.05) is 0 Å². The quantitative estimate of drug-likeness (QED) is 0.275. The molecule has 2 aromatic heterocycles. The summed E-state index contributed by atoms with van der Waals surface area (Å²) >= 11 is 0. The van der Waals surface area contributed by atoms with Crippen LogP contribution in [0.25, 0.3) is 0 Å². The second kappa shape index (κ2) is 12.6. The van der Waals surface area contributed by atoms with Gasteiger partial charge in [0, 0.05) is 31.2 Å². The Labute approximate surface area is 208 Å². The minimum Gasteiger partial charge on any atom is -0.426 e. The Balaban J connectivity index is 2.07. The Kier molecular flexibility index (Phi) is 9.31. The first-order valence-corrected chi connectivity index (χ1v) is 11.4. The first kappa shape index (κ1) is 26.6. The molecule has 3 N–H and O–H groups in total. The van der Waals surface area contributed by atoms with E-state index in [-0.39, 0.29) is 30.1 Å². The number of nitrogens with one attached hydrogen (secondary N) is 1. The van der Waals surface area contributed by atoms with E-state index in [2.05, 4.69) is 25.3 Å². The monoisotopic (exact) mass is 490 g/mol. The van der Waals surface area contributed by atoms with Crippen LogP contribution in [0.4, 0.5) is 0 Å². The molecule has 3 aromatic rings. The van der Waals surface area contributed by atoms with Crippen LogP contribution in [0.15, 0.2) is 67.5 Å². The zero-order chi connectivity index (χ0) is 26.1. The zero-order valence-electron chi connectivity index (χ0n) is 19.9. The topological polar surface area (TPSA) is 158 Å². The summed E-state index contributed by atoms with van der Waals surface area (Å²) in [5, 5.41) is 22.3. The van der Waals surface area contributed by atoms with Gasteiger partial charge in [-0.1, -0.05) is 44.2 Å². The van der Waals surface area contributed by atoms with Crippen molar-refractivity contribution in [2.24, 2.45) is 5.92 Å². The smallest absolute Gasteiger partial charge is 0.426 e. The van der Waals surface area contributed by atoms with Gasteiger partial charge in [0.15, 0.2) is 0 Å². The molecule has 11 nitrogen and oxygen atoms in total. The molecule has 1 aromatic carbocycles. The van der Waals surface area contributed by atoms with Crippen LogP contribution in [-0.4, -0.2) is 71.7 Å². The molecule has 0 unspecified atom stereocenters. The number of benzene rings is 1. The fourth-order valence-electron chi connectivity index (χ4n) is 3.62. The Morgan fingerprint density at radius 1 is 0.917 bits per heavy atom. The maximum Gasteiger partial charge on any atom is 0.475 e. The summed E-state index contributed by atoms with van der Waals surface area (Å²) in [5.74, 6) is -3.45. The summed E-state index contributed by atoms with van der Waals surface area (Å²) in [4.78, 5) is 57.3. The lowest BCUT2D eigenvalue weighted by Gasteiger charge is -2.31. The molecule has 2 atom stereocenters. The molecule has 0 radical (unpaired) electrons.